The Morgan fingerprint density at radius 3 is 2.83 bits per heavy atom. The fourth-order valence-corrected chi connectivity index (χ4v) is 2.30. The summed E-state index contributed by atoms with van der Waals surface area (Å²) in [4.78, 5) is 13.9. The summed E-state index contributed by atoms with van der Waals surface area (Å²) in [6.45, 7) is 1.16. The van der Waals surface area contributed by atoms with Crippen LogP contribution < -0.4 is 10.5 Å². The lowest BCUT2D eigenvalue weighted by atomic mass is 10.1. The Morgan fingerprint density at radius 1 is 1.30 bits per heavy atom. The maximum absolute atomic E-state index is 12.5. The number of nitrogens with zero attached hydrogens (tertiary/aromatic N) is 4. The molecule has 1 aliphatic heterocycles. The molecule has 23 heavy (non-hydrogen) atoms. The zero-order valence-electron chi connectivity index (χ0n) is 11.7. The van der Waals surface area contributed by atoms with Gasteiger partial charge in [0.15, 0.2) is 11.6 Å². The first kappa shape index (κ1) is 15.1. The second-order valence-electron chi connectivity index (χ2n) is 4.97. The van der Waals surface area contributed by atoms with Gasteiger partial charge in [0.05, 0.1) is 12.2 Å². The summed E-state index contributed by atoms with van der Waals surface area (Å²) < 4.78 is 42.7. The van der Waals surface area contributed by atoms with Crippen LogP contribution in [0.5, 0.6) is 5.75 Å². The molecule has 0 saturated carbocycles. The van der Waals surface area contributed by atoms with Gasteiger partial charge in [-0.2, -0.15) is 0 Å². The summed E-state index contributed by atoms with van der Waals surface area (Å²) in [5.41, 5.74) is 5.32. The second kappa shape index (κ2) is 5.45. The molecule has 0 unspecified atom stereocenters. The van der Waals surface area contributed by atoms with Crippen molar-refractivity contribution in [1.29, 1.82) is 0 Å². The number of halogens is 3. The molecular formula is C13H12F3N5O2. The number of rotatable bonds is 2. The van der Waals surface area contributed by atoms with E-state index < -0.39 is 18.0 Å². The molecule has 2 aromatic rings. The van der Waals surface area contributed by atoms with Crippen LogP contribution in [0.2, 0.25) is 0 Å². The van der Waals surface area contributed by atoms with Gasteiger partial charge in [-0.25, -0.2) is 0 Å². The Hall–Kier alpha value is -2.78. The van der Waals surface area contributed by atoms with E-state index in [9.17, 15) is 18.0 Å². The van der Waals surface area contributed by atoms with E-state index in [0.717, 1.165) is 6.07 Å². The maximum atomic E-state index is 12.5. The highest BCUT2D eigenvalue weighted by Crippen LogP contribution is 2.29. The average molecular weight is 327 g/mol. The summed E-state index contributed by atoms with van der Waals surface area (Å²) in [5.74, 6) is -0.401. The summed E-state index contributed by atoms with van der Waals surface area (Å²) >= 11 is 0. The van der Waals surface area contributed by atoms with Crippen LogP contribution in [0.15, 0.2) is 24.5 Å². The molecule has 1 aliphatic rings. The molecule has 3 rings (SSSR count). The zero-order chi connectivity index (χ0) is 16.6. The third kappa shape index (κ3) is 3.20. The summed E-state index contributed by atoms with van der Waals surface area (Å²) in [6, 6.07) is 3.56. The van der Waals surface area contributed by atoms with Crippen molar-refractivity contribution in [1.82, 2.24) is 19.7 Å². The largest absolute Gasteiger partial charge is 0.573 e. The number of hydrogen-bond donors (Lipinski definition) is 1. The number of benzene rings is 1. The molecule has 7 nitrogen and oxygen atoms in total. The van der Waals surface area contributed by atoms with Crippen molar-refractivity contribution in [3.63, 3.8) is 0 Å². The van der Waals surface area contributed by atoms with Crippen molar-refractivity contribution in [2.24, 2.45) is 0 Å². The molecule has 2 N–H and O–H groups in total. The van der Waals surface area contributed by atoms with E-state index in [4.69, 9.17) is 5.73 Å². The highest BCUT2D eigenvalue weighted by atomic mass is 19.4. The van der Waals surface area contributed by atoms with E-state index in [1.165, 1.54) is 17.0 Å². The lowest BCUT2D eigenvalue weighted by molar-refractivity contribution is -0.274. The first-order valence-electron chi connectivity index (χ1n) is 6.65. The molecule has 1 amide bonds. The molecule has 0 radical (unpaired) electrons. The normalized spacial score (nSPS) is 14.5. The Morgan fingerprint density at radius 2 is 2.09 bits per heavy atom. The molecule has 0 aliphatic carbocycles. The lowest BCUT2D eigenvalue weighted by Gasteiger charge is -2.27. The van der Waals surface area contributed by atoms with Crippen molar-refractivity contribution in [3.05, 3.63) is 35.9 Å². The topological polar surface area (TPSA) is 86.3 Å². The summed E-state index contributed by atoms with van der Waals surface area (Å²) in [6.07, 6.45) is -3.31. The Bertz CT molecular complexity index is 743. The molecular weight excluding hydrogens is 315 g/mol. The van der Waals surface area contributed by atoms with Crippen LogP contribution in [-0.4, -0.2) is 38.5 Å². The number of nitrogen functional groups attached to an aromatic ring is 1. The Labute approximate surface area is 128 Å². The first-order chi connectivity index (χ1) is 10.8. The fourth-order valence-electron chi connectivity index (χ4n) is 2.30. The molecule has 0 bridgehead atoms. The number of nitrogens with two attached hydrogens (primary N) is 1. The molecule has 0 fully saturated rings. The van der Waals surface area contributed by atoms with Gasteiger partial charge in [-0.05, 0) is 18.2 Å². The van der Waals surface area contributed by atoms with Crippen molar-refractivity contribution in [2.75, 3.05) is 12.3 Å². The number of carbonyl (C=O) groups is 1. The number of carbonyl (C=O) groups excluding carboxylic acids is 1. The minimum atomic E-state index is -4.88. The molecule has 1 aromatic carbocycles. The third-order valence-electron chi connectivity index (χ3n) is 3.41. The second-order valence-corrected chi connectivity index (χ2v) is 4.97. The van der Waals surface area contributed by atoms with E-state index in [2.05, 4.69) is 14.9 Å². The minimum Gasteiger partial charge on any atom is -0.404 e. The van der Waals surface area contributed by atoms with Crippen LogP contribution in [-0.2, 0) is 13.1 Å². The van der Waals surface area contributed by atoms with Gasteiger partial charge >= 0.3 is 6.36 Å². The van der Waals surface area contributed by atoms with Crippen LogP contribution in [0.4, 0.5) is 18.9 Å². The number of amides is 1. The maximum Gasteiger partial charge on any atom is 0.573 e. The number of alkyl halides is 3. The molecule has 0 saturated heterocycles. The molecule has 0 atom stereocenters. The Balaban J connectivity index is 1.82. The van der Waals surface area contributed by atoms with E-state index in [1.807, 2.05) is 4.57 Å². The van der Waals surface area contributed by atoms with Gasteiger partial charge in [-0.3, -0.25) is 4.79 Å². The van der Waals surface area contributed by atoms with Crippen LogP contribution in [0.1, 0.15) is 16.2 Å². The van der Waals surface area contributed by atoms with Crippen LogP contribution in [0.25, 0.3) is 0 Å². The molecule has 0 spiro atoms. The molecule has 122 valence electrons. The highest BCUT2D eigenvalue weighted by molar-refractivity contribution is 5.95. The summed E-state index contributed by atoms with van der Waals surface area (Å²) in [5, 5.41) is 7.64. The fraction of sp³-hybridized carbons (Fsp3) is 0.308. The van der Waals surface area contributed by atoms with Crippen molar-refractivity contribution in [3.8, 4) is 5.75 Å². The number of fused-ring (bicyclic) bond motifs is 1. The quantitative estimate of drug-likeness (QED) is 0.843. The van der Waals surface area contributed by atoms with Crippen LogP contribution in [0, 0.1) is 0 Å². The molecule has 1 aromatic heterocycles. The van der Waals surface area contributed by atoms with Gasteiger partial charge in [-0.1, -0.05) is 0 Å². The zero-order valence-corrected chi connectivity index (χ0v) is 11.7. The number of anilines is 1. The van der Waals surface area contributed by atoms with Gasteiger partial charge in [0, 0.05) is 18.7 Å². The van der Waals surface area contributed by atoms with Gasteiger partial charge in [0.25, 0.3) is 5.91 Å². The average Bonchev–Trinajstić information content (AvgIpc) is 2.94. The van der Waals surface area contributed by atoms with Crippen molar-refractivity contribution in [2.45, 2.75) is 19.5 Å². The minimum absolute atomic E-state index is 0.0615. The van der Waals surface area contributed by atoms with Gasteiger partial charge in [0.1, 0.15) is 6.33 Å². The lowest BCUT2D eigenvalue weighted by Crippen LogP contribution is -2.38. The van der Waals surface area contributed by atoms with Gasteiger partial charge in [0.2, 0.25) is 0 Å². The highest BCUT2D eigenvalue weighted by Gasteiger charge is 2.32. The monoisotopic (exact) mass is 327 g/mol. The van der Waals surface area contributed by atoms with E-state index in [1.54, 1.807) is 6.33 Å². The first-order valence-corrected chi connectivity index (χ1v) is 6.65. The van der Waals surface area contributed by atoms with E-state index in [0.29, 0.717) is 18.9 Å². The van der Waals surface area contributed by atoms with E-state index >= 15 is 0 Å². The number of hydrogen-bond acceptors (Lipinski definition) is 5. The SMILES string of the molecule is Nc1ccc(C(=O)N2CCn3cnnc3C2)cc1OC(F)(F)F. The van der Waals surface area contributed by atoms with Crippen LogP contribution in [0.3, 0.4) is 0 Å². The standard InChI is InChI=1S/C13H12F3N5O2/c14-13(15,16)23-10-5-8(1-2-9(10)17)12(22)20-3-4-21-7-18-19-11(21)6-20/h1-2,5,7H,3-4,6,17H2. The van der Waals surface area contributed by atoms with Gasteiger partial charge < -0.3 is 19.9 Å². The molecule has 10 heteroatoms. The van der Waals surface area contributed by atoms with Gasteiger partial charge in [-0.15, -0.1) is 23.4 Å². The van der Waals surface area contributed by atoms with E-state index in [-0.39, 0.29) is 17.8 Å². The molecule has 2 heterocycles. The number of aromatic nitrogens is 3. The predicted molar refractivity (Wildman–Crippen MR) is 72.3 cm³/mol. The van der Waals surface area contributed by atoms with Crippen molar-refractivity contribution >= 4 is 11.6 Å². The summed E-state index contributed by atoms with van der Waals surface area (Å²) in [7, 11) is 0. The van der Waals surface area contributed by atoms with Crippen molar-refractivity contribution < 1.29 is 22.7 Å². The van der Waals surface area contributed by atoms with Crippen LogP contribution >= 0.6 is 0 Å². The Kier molecular flexibility index (Phi) is 3.58. The number of ether oxygens (including phenoxy) is 1. The third-order valence-corrected chi connectivity index (χ3v) is 3.41. The smallest absolute Gasteiger partial charge is 0.404 e. The predicted octanol–water partition coefficient (Wildman–Crippen LogP) is 1.41.